The first-order valence-electron chi connectivity index (χ1n) is 11.8. The van der Waals surface area contributed by atoms with Crippen LogP contribution < -0.4 is 10.1 Å². The topological polar surface area (TPSA) is 140 Å². The molecule has 0 saturated heterocycles. The number of aromatic nitrogens is 8. The van der Waals surface area contributed by atoms with E-state index in [4.69, 9.17) is 9.73 Å². The molecule has 2 aliphatic rings. The molecular formula is C24H23FN10O. The number of ether oxygens (including phenoxy) is 1. The van der Waals surface area contributed by atoms with Crippen LogP contribution in [0.15, 0.2) is 41.7 Å². The monoisotopic (exact) mass is 486 g/mol. The summed E-state index contributed by atoms with van der Waals surface area (Å²) in [7, 11) is 1.47. The van der Waals surface area contributed by atoms with Crippen molar-refractivity contribution in [2.45, 2.75) is 44.1 Å². The minimum Gasteiger partial charge on any atom is -0.495 e. The first-order valence-corrected chi connectivity index (χ1v) is 11.8. The summed E-state index contributed by atoms with van der Waals surface area (Å²) in [6, 6.07) is 6.65. The number of hydrogen-bond donors (Lipinski definition) is 2. The number of H-pyrrole nitrogens is 1. The van der Waals surface area contributed by atoms with Crippen molar-refractivity contribution in [1.29, 1.82) is 0 Å². The number of hydrogen-bond acceptors (Lipinski definition) is 10. The van der Waals surface area contributed by atoms with E-state index in [-0.39, 0.29) is 11.6 Å². The highest BCUT2D eigenvalue weighted by atomic mass is 19.1. The van der Waals surface area contributed by atoms with Gasteiger partial charge >= 0.3 is 0 Å². The third kappa shape index (κ3) is 4.49. The minimum atomic E-state index is -0.438. The van der Waals surface area contributed by atoms with Gasteiger partial charge in [-0.25, -0.2) is 19.4 Å². The zero-order valence-corrected chi connectivity index (χ0v) is 19.5. The molecule has 0 bridgehead atoms. The van der Waals surface area contributed by atoms with Gasteiger partial charge in [0.25, 0.3) is 0 Å². The van der Waals surface area contributed by atoms with Crippen molar-refractivity contribution in [3.63, 3.8) is 0 Å². The summed E-state index contributed by atoms with van der Waals surface area (Å²) < 4.78 is 20.4. The Kier molecular flexibility index (Phi) is 5.76. The zero-order valence-electron chi connectivity index (χ0n) is 19.5. The highest BCUT2D eigenvalue weighted by Gasteiger charge is 2.26. The van der Waals surface area contributed by atoms with Crippen LogP contribution in [0.3, 0.4) is 0 Å². The van der Waals surface area contributed by atoms with Gasteiger partial charge < -0.3 is 10.1 Å². The highest BCUT2D eigenvalue weighted by molar-refractivity contribution is 5.89. The highest BCUT2D eigenvalue weighted by Crippen LogP contribution is 2.40. The molecule has 3 heterocycles. The van der Waals surface area contributed by atoms with Gasteiger partial charge in [0.2, 0.25) is 11.8 Å². The number of halogens is 1. The van der Waals surface area contributed by atoms with Crippen LogP contribution in [0.2, 0.25) is 0 Å². The van der Waals surface area contributed by atoms with Gasteiger partial charge in [-0.2, -0.15) is 5.21 Å². The van der Waals surface area contributed by atoms with Crippen molar-refractivity contribution in [2.24, 2.45) is 4.99 Å². The van der Waals surface area contributed by atoms with Crippen LogP contribution in [0.5, 0.6) is 5.75 Å². The maximum absolute atomic E-state index is 14.8. The van der Waals surface area contributed by atoms with Gasteiger partial charge in [0.15, 0.2) is 5.82 Å². The van der Waals surface area contributed by atoms with E-state index in [1.807, 2.05) is 6.20 Å². The second-order valence-electron chi connectivity index (χ2n) is 8.89. The van der Waals surface area contributed by atoms with Gasteiger partial charge in [-0.15, -0.1) is 20.4 Å². The quantitative estimate of drug-likeness (QED) is 0.398. The maximum atomic E-state index is 14.8. The molecule has 11 nitrogen and oxygen atoms in total. The van der Waals surface area contributed by atoms with Crippen LogP contribution in [0.4, 0.5) is 16.2 Å². The molecule has 6 rings (SSSR count). The van der Waals surface area contributed by atoms with Crippen molar-refractivity contribution in [1.82, 2.24) is 40.8 Å². The number of nitrogens with one attached hydrogen (secondary N) is 2. The summed E-state index contributed by atoms with van der Waals surface area (Å²) in [4.78, 5) is 13.6. The molecule has 0 spiro atoms. The lowest BCUT2D eigenvalue weighted by Crippen LogP contribution is -2.18. The Morgan fingerprint density at radius 1 is 1.06 bits per heavy atom. The molecule has 4 aromatic rings. The molecular weight excluding hydrogens is 463 g/mol. The smallest absolute Gasteiger partial charge is 0.242 e. The number of tetrazole rings is 1. The van der Waals surface area contributed by atoms with Crippen molar-refractivity contribution in [3.05, 3.63) is 48.2 Å². The second-order valence-corrected chi connectivity index (χ2v) is 8.89. The van der Waals surface area contributed by atoms with Crippen LogP contribution in [0.1, 0.15) is 43.7 Å². The van der Waals surface area contributed by atoms with Crippen molar-refractivity contribution in [3.8, 4) is 28.3 Å². The first kappa shape index (κ1) is 22.1. The normalized spacial score (nSPS) is 18.5. The zero-order chi connectivity index (χ0) is 24.5. The average molecular weight is 487 g/mol. The van der Waals surface area contributed by atoms with Gasteiger partial charge in [-0.3, -0.25) is 0 Å². The number of aromatic amines is 1. The second kappa shape index (κ2) is 9.36. The van der Waals surface area contributed by atoms with Crippen molar-refractivity contribution < 1.29 is 9.13 Å². The number of methoxy groups -OCH3 is 1. The Morgan fingerprint density at radius 2 is 1.97 bits per heavy atom. The van der Waals surface area contributed by atoms with E-state index < -0.39 is 5.82 Å². The van der Waals surface area contributed by atoms with Gasteiger partial charge in [-0.05, 0) is 55.2 Å². The molecule has 2 aliphatic carbocycles. The molecule has 36 heavy (non-hydrogen) atoms. The van der Waals surface area contributed by atoms with E-state index in [0.717, 1.165) is 30.7 Å². The predicted octanol–water partition coefficient (Wildman–Crippen LogP) is 3.88. The van der Waals surface area contributed by atoms with Crippen LogP contribution in [-0.4, -0.2) is 59.7 Å². The largest absolute Gasteiger partial charge is 0.495 e. The van der Waals surface area contributed by atoms with E-state index in [2.05, 4.69) is 46.1 Å². The minimum absolute atomic E-state index is 0.197. The fourth-order valence-electron chi connectivity index (χ4n) is 4.41. The van der Waals surface area contributed by atoms with Gasteiger partial charge in [0.1, 0.15) is 11.6 Å². The third-order valence-electron chi connectivity index (χ3n) is 6.38. The fourth-order valence-corrected chi connectivity index (χ4v) is 4.41. The van der Waals surface area contributed by atoms with Crippen LogP contribution in [-0.2, 0) is 0 Å². The summed E-state index contributed by atoms with van der Waals surface area (Å²) in [6.07, 6.45) is 8.31. The number of benzene rings is 1. The Morgan fingerprint density at radius 3 is 2.67 bits per heavy atom. The number of aliphatic imine (C=N–C) groups is 1. The lowest BCUT2D eigenvalue weighted by atomic mass is 10.0. The Balaban J connectivity index is 1.16. The molecule has 1 atom stereocenters. The number of nitrogens with zero attached hydrogens (tertiary/aromatic N) is 8. The Hall–Kier alpha value is -4.35. The molecule has 182 valence electrons. The summed E-state index contributed by atoms with van der Waals surface area (Å²) in [5, 5.41) is 25.8. The maximum Gasteiger partial charge on any atom is 0.242 e. The van der Waals surface area contributed by atoms with Crippen LogP contribution in [0, 0.1) is 5.82 Å². The summed E-state index contributed by atoms with van der Waals surface area (Å²) in [6.45, 7) is 0. The average Bonchev–Trinajstić information content (AvgIpc) is 3.42. The van der Waals surface area contributed by atoms with Gasteiger partial charge in [0, 0.05) is 35.9 Å². The summed E-state index contributed by atoms with van der Waals surface area (Å²) in [5.74, 6) is 1.83. The Bertz CT molecular complexity index is 1390. The van der Waals surface area contributed by atoms with E-state index in [1.165, 1.54) is 26.0 Å². The van der Waals surface area contributed by atoms with E-state index >= 15 is 0 Å². The predicted molar refractivity (Wildman–Crippen MR) is 130 cm³/mol. The molecule has 1 aromatic carbocycles. The molecule has 0 unspecified atom stereocenters. The molecule has 2 N–H and O–H groups in total. The molecule has 3 aromatic heterocycles. The van der Waals surface area contributed by atoms with E-state index in [1.54, 1.807) is 24.4 Å². The van der Waals surface area contributed by atoms with Gasteiger partial charge in [-0.1, -0.05) is 0 Å². The van der Waals surface area contributed by atoms with Crippen molar-refractivity contribution >= 4 is 17.5 Å². The molecule has 0 aliphatic heterocycles. The lowest BCUT2D eigenvalue weighted by molar-refractivity contribution is 0.415. The summed E-state index contributed by atoms with van der Waals surface area (Å²) in [5.41, 5.74) is 3.38. The molecule has 2 saturated carbocycles. The fraction of sp³-hybridized carbons (Fsp3) is 0.333. The van der Waals surface area contributed by atoms with Gasteiger partial charge in [0.05, 0.1) is 30.1 Å². The third-order valence-corrected chi connectivity index (χ3v) is 6.38. The Labute approximate surface area is 205 Å². The van der Waals surface area contributed by atoms with Crippen LogP contribution >= 0.6 is 0 Å². The molecule has 2 fully saturated rings. The molecule has 0 radical (unpaired) electrons. The molecule has 12 heteroatoms. The number of rotatable bonds is 7. The number of anilines is 1. The van der Waals surface area contributed by atoms with E-state index in [9.17, 15) is 4.39 Å². The lowest BCUT2D eigenvalue weighted by Gasteiger charge is -2.13. The molecule has 0 amide bonds. The summed E-state index contributed by atoms with van der Waals surface area (Å²) >= 11 is 0. The SMILES string of the molecule is COc1c(-c2nn[nH]n2)ccc(F)c1-c1ccc(N=C2CC[C@H](Nc3ncc(C4CC4)nn3)C2)nc1. The van der Waals surface area contributed by atoms with E-state index in [0.29, 0.717) is 40.4 Å². The van der Waals surface area contributed by atoms with Crippen molar-refractivity contribution in [2.75, 3.05) is 12.4 Å². The first-order chi connectivity index (χ1) is 17.7. The number of pyridine rings is 1. The van der Waals surface area contributed by atoms with Crippen LogP contribution in [0.25, 0.3) is 22.5 Å². The standard InChI is InChI=1S/C24H23FN10O/c1-36-22-17(23-31-34-35-32-23)7-8-18(25)21(22)14-4-9-20(26-11-14)28-15-5-6-16(10-15)29-24-27-12-19(30-33-24)13-2-3-13/h4,7-9,11-13,16H,2-3,5-6,10H2,1H3,(H,27,29,33)(H,31,32,34,35)/t16-/m0/s1.